The maximum Gasteiger partial charge on any atom is 0.187 e. The zero-order valence-electron chi connectivity index (χ0n) is 10.7. The predicted octanol–water partition coefficient (Wildman–Crippen LogP) is 2.13. The van der Waals surface area contributed by atoms with E-state index in [0.717, 1.165) is 29.9 Å². The molecule has 0 saturated heterocycles. The predicted molar refractivity (Wildman–Crippen MR) is 67.7 cm³/mol. The highest BCUT2D eigenvalue weighted by atomic mass is 16.1. The minimum absolute atomic E-state index is 0.152. The summed E-state index contributed by atoms with van der Waals surface area (Å²) >= 11 is 0. The van der Waals surface area contributed by atoms with Gasteiger partial charge in [-0.3, -0.25) is 4.79 Å². The number of pyridine rings is 1. The van der Waals surface area contributed by atoms with Crippen LogP contribution >= 0.6 is 0 Å². The van der Waals surface area contributed by atoms with Crippen LogP contribution in [0, 0.1) is 19.8 Å². The summed E-state index contributed by atoms with van der Waals surface area (Å²) in [5, 5.41) is 3.37. The van der Waals surface area contributed by atoms with Crippen molar-refractivity contribution in [1.82, 2.24) is 10.3 Å². The molecule has 1 aromatic heterocycles. The number of aromatic amines is 1. The number of aryl methyl sites for hydroxylation is 1. The molecule has 90 valence electrons. The van der Waals surface area contributed by atoms with E-state index in [1.807, 2.05) is 13.8 Å². The fourth-order valence-electron chi connectivity index (χ4n) is 1.57. The van der Waals surface area contributed by atoms with E-state index in [2.05, 4.69) is 24.1 Å². The van der Waals surface area contributed by atoms with Gasteiger partial charge in [0, 0.05) is 29.6 Å². The summed E-state index contributed by atoms with van der Waals surface area (Å²) in [6.45, 7) is 9.86. The molecule has 3 heteroatoms. The van der Waals surface area contributed by atoms with Gasteiger partial charge in [-0.2, -0.15) is 0 Å². The Morgan fingerprint density at radius 3 is 2.75 bits per heavy atom. The molecule has 1 aromatic rings. The highest BCUT2D eigenvalue weighted by molar-refractivity contribution is 5.23. The Morgan fingerprint density at radius 1 is 1.44 bits per heavy atom. The largest absolute Gasteiger partial charge is 0.363 e. The summed E-state index contributed by atoms with van der Waals surface area (Å²) in [7, 11) is 0. The van der Waals surface area contributed by atoms with Crippen molar-refractivity contribution in [3.63, 3.8) is 0 Å². The molecule has 0 aliphatic carbocycles. The van der Waals surface area contributed by atoms with Crippen LogP contribution in [0.4, 0.5) is 0 Å². The Kier molecular flexibility index (Phi) is 4.74. The van der Waals surface area contributed by atoms with Crippen LogP contribution in [0.5, 0.6) is 0 Å². The molecular weight excluding hydrogens is 200 g/mol. The normalized spacial score (nSPS) is 12.8. The fraction of sp³-hybridized carbons (Fsp3) is 0.615. The lowest BCUT2D eigenvalue weighted by Gasteiger charge is -2.11. The van der Waals surface area contributed by atoms with E-state index >= 15 is 0 Å². The van der Waals surface area contributed by atoms with E-state index in [1.165, 1.54) is 6.42 Å². The van der Waals surface area contributed by atoms with Gasteiger partial charge in [0.1, 0.15) is 0 Å². The van der Waals surface area contributed by atoms with E-state index in [4.69, 9.17) is 0 Å². The molecule has 1 rings (SSSR count). The lowest BCUT2D eigenvalue weighted by Crippen LogP contribution is -2.23. The highest BCUT2D eigenvalue weighted by Gasteiger charge is 2.05. The van der Waals surface area contributed by atoms with Gasteiger partial charge in [0.2, 0.25) is 0 Å². The Hall–Kier alpha value is -1.09. The number of rotatable bonds is 5. The van der Waals surface area contributed by atoms with Crippen molar-refractivity contribution in [3.8, 4) is 0 Å². The Labute approximate surface area is 97.3 Å². The van der Waals surface area contributed by atoms with Crippen molar-refractivity contribution >= 4 is 0 Å². The maximum absolute atomic E-state index is 11.7. The molecule has 0 amide bonds. The molecule has 0 aromatic carbocycles. The van der Waals surface area contributed by atoms with Gasteiger partial charge in [-0.05, 0) is 26.3 Å². The van der Waals surface area contributed by atoms with Crippen LogP contribution in [0.1, 0.15) is 37.1 Å². The van der Waals surface area contributed by atoms with Crippen LogP contribution in [0.3, 0.4) is 0 Å². The molecule has 0 aliphatic rings. The Bertz CT molecular complexity index is 395. The summed E-state index contributed by atoms with van der Waals surface area (Å²) in [4.78, 5) is 14.9. The van der Waals surface area contributed by atoms with Gasteiger partial charge in [-0.1, -0.05) is 20.3 Å². The second kappa shape index (κ2) is 5.85. The SMILES string of the molecule is CCC(C)CNCc1[nH]cc(C)c(=O)c1C. The Balaban J connectivity index is 2.62. The third-order valence-electron chi connectivity index (χ3n) is 3.11. The average molecular weight is 222 g/mol. The van der Waals surface area contributed by atoms with Crippen LogP contribution < -0.4 is 10.7 Å². The zero-order valence-corrected chi connectivity index (χ0v) is 10.7. The van der Waals surface area contributed by atoms with E-state index < -0.39 is 0 Å². The average Bonchev–Trinajstić information content (AvgIpc) is 2.29. The summed E-state index contributed by atoms with van der Waals surface area (Å²) in [5.74, 6) is 0.678. The van der Waals surface area contributed by atoms with Crippen LogP contribution in [-0.4, -0.2) is 11.5 Å². The first kappa shape index (κ1) is 13.0. The van der Waals surface area contributed by atoms with Crippen LogP contribution in [0.15, 0.2) is 11.0 Å². The Morgan fingerprint density at radius 2 is 2.12 bits per heavy atom. The lowest BCUT2D eigenvalue weighted by atomic mass is 10.1. The van der Waals surface area contributed by atoms with Crippen molar-refractivity contribution in [1.29, 1.82) is 0 Å². The van der Waals surface area contributed by atoms with Gasteiger partial charge in [0.25, 0.3) is 0 Å². The number of hydrogen-bond donors (Lipinski definition) is 2. The van der Waals surface area contributed by atoms with Crippen LogP contribution in [-0.2, 0) is 6.54 Å². The van der Waals surface area contributed by atoms with Gasteiger partial charge in [-0.25, -0.2) is 0 Å². The third-order valence-corrected chi connectivity index (χ3v) is 3.11. The molecule has 0 radical (unpaired) electrons. The second-order valence-electron chi connectivity index (χ2n) is 4.55. The minimum Gasteiger partial charge on any atom is -0.363 e. The van der Waals surface area contributed by atoms with Gasteiger partial charge in [-0.15, -0.1) is 0 Å². The van der Waals surface area contributed by atoms with E-state index in [-0.39, 0.29) is 5.43 Å². The first-order valence-electron chi connectivity index (χ1n) is 5.94. The molecule has 1 unspecified atom stereocenters. The second-order valence-corrected chi connectivity index (χ2v) is 4.55. The number of hydrogen-bond acceptors (Lipinski definition) is 2. The van der Waals surface area contributed by atoms with Crippen molar-refractivity contribution < 1.29 is 0 Å². The molecule has 0 saturated carbocycles. The van der Waals surface area contributed by atoms with Crippen molar-refractivity contribution in [2.75, 3.05) is 6.54 Å². The molecule has 0 aliphatic heterocycles. The number of aromatic nitrogens is 1. The summed E-state index contributed by atoms with van der Waals surface area (Å²) in [5.41, 5.74) is 2.76. The third kappa shape index (κ3) is 3.20. The van der Waals surface area contributed by atoms with Crippen molar-refractivity contribution in [2.45, 2.75) is 40.7 Å². The molecule has 1 atom stereocenters. The molecule has 0 spiro atoms. The minimum atomic E-state index is 0.152. The lowest BCUT2D eigenvalue weighted by molar-refractivity contribution is 0.496. The van der Waals surface area contributed by atoms with E-state index in [1.54, 1.807) is 6.20 Å². The molecule has 3 nitrogen and oxygen atoms in total. The van der Waals surface area contributed by atoms with Gasteiger partial charge in [0.05, 0.1) is 0 Å². The molecule has 0 bridgehead atoms. The molecule has 1 heterocycles. The molecular formula is C13H22N2O. The van der Waals surface area contributed by atoms with Crippen molar-refractivity contribution in [2.24, 2.45) is 5.92 Å². The van der Waals surface area contributed by atoms with Gasteiger partial charge >= 0.3 is 0 Å². The fourth-order valence-corrected chi connectivity index (χ4v) is 1.57. The molecule has 2 N–H and O–H groups in total. The first-order chi connectivity index (χ1) is 7.56. The quantitative estimate of drug-likeness (QED) is 0.801. The first-order valence-corrected chi connectivity index (χ1v) is 5.94. The molecule has 16 heavy (non-hydrogen) atoms. The number of nitrogens with one attached hydrogen (secondary N) is 2. The van der Waals surface area contributed by atoms with Crippen molar-refractivity contribution in [3.05, 3.63) is 33.2 Å². The summed E-state index contributed by atoms with van der Waals surface area (Å²) in [6, 6.07) is 0. The summed E-state index contributed by atoms with van der Waals surface area (Å²) in [6.07, 6.45) is 2.96. The van der Waals surface area contributed by atoms with E-state index in [9.17, 15) is 4.79 Å². The summed E-state index contributed by atoms with van der Waals surface area (Å²) < 4.78 is 0. The van der Waals surface area contributed by atoms with Gasteiger partial charge in [0.15, 0.2) is 5.43 Å². The standard InChI is InChI=1S/C13H22N2O/c1-5-9(2)6-14-8-12-11(4)13(16)10(3)7-15-12/h7,9,14H,5-6,8H2,1-4H3,(H,15,16). The van der Waals surface area contributed by atoms with Gasteiger partial charge < -0.3 is 10.3 Å². The monoisotopic (exact) mass is 222 g/mol. The van der Waals surface area contributed by atoms with Crippen LogP contribution in [0.2, 0.25) is 0 Å². The molecule has 0 fully saturated rings. The maximum atomic E-state index is 11.7. The topological polar surface area (TPSA) is 44.9 Å². The highest BCUT2D eigenvalue weighted by Crippen LogP contribution is 2.02. The smallest absolute Gasteiger partial charge is 0.187 e. The van der Waals surface area contributed by atoms with Crippen LogP contribution in [0.25, 0.3) is 0 Å². The van der Waals surface area contributed by atoms with E-state index in [0.29, 0.717) is 5.92 Å². The zero-order chi connectivity index (χ0) is 12.1. The number of H-pyrrole nitrogens is 1.